The second-order valence-corrected chi connectivity index (χ2v) is 6.83. The lowest BCUT2D eigenvalue weighted by atomic mass is 10.1. The molecule has 1 unspecified atom stereocenters. The Kier molecular flexibility index (Phi) is 5.44. The van der Waals surface area contributed by atoms with Crippen molar-refractivity contribution >= 4 is 23.3 Å². The average Bonchev–Trinajstić information content (AvgIpc) is 3.18. The van der Waals surface area contributed by atoms with Crippen molar-refractivity contribution in [2.75, 3.05) is 12.1 Å². The summed E-state index contributed by atoms with van der Waals surface area (Å²) in [5.41, 5.74) is 2.31. The number of rotatable bonds is 7. The lowest BCUT2D eigenvalue weighted by molar-refractivity contribution is -0.145. The fourth-order valence-corrected chi connectivity index (χ4v) is 3.19. The molecule has 3 aromatic carbocycles. The van der Waals surface area contributed by atoms with Crippen molar-refractivity contribution in [1.29, 1.82) is 0 Å². The number of ether oxygens (including phenoxy) is 3. The number of hydrogen-bond acceptors (Lipinski definition) is 5. The molecule has 0 amide bonds. The number of carboxylic acid groups (broad SMARTS) is 1. The van der Waals surface area contributed by atoms with Crippen molar-refractivity contribution in [2.24, 2.45) is 0 Å². The second kappa shape index (κ2) is 8.32. The maximum atomic E-state index is 11.6. The van der Waals surface area contributed by atoms with E-state index in [4.69, 9.17) is 25.8 Å². The molecule has 0 spiro atoms. The van der Waals surface area contributed by atoms with Gasteiger partial charge in [0, 0.05) is 28.9 Å². The number of aliphatic carboxylic acids is 1. The van der Waals surface area contributed by atoms with Crippen LogP contribution in [0.1, 0.15) is 17.2 Å². The van der Waals surface area contributed by atoms with Crippen molar-refractivity contribution in [3.8, 4) is 17.2 Å². The predicted molar refractivity (Wildman–Crippen MR) is 109 cm³/mol. The Morgan fingerprint density at radius 3 is 2.45 bits per heavy atom. The van der Waals surface area contributed by atoms with Crippen molar-refractivity contribution in [2.45, 2.75) is 12.6 Å². The normalized spacial score (nSPS) is 13.0. The zero-order valence-electron chi connectivity index (χ0n) is 15.3. The highest BCUT2D eigenvalue weighted by molar-refractivity contribution is 6.31. The molecule has 0 radical (unpaired) electrons. The summed E-state index contributed by atoms with van der Waals surface area (Å²) >= 11 is 6.29. The lowest BCUT2D eigenvalue weighted by Crippen LogP contribution is -2.18. The first kappa shape index (κ1) is 19.0. The van der Waals surface area contributed by atoms with Gasteiger partial charge in [0.1, 0.15) is 5.75 Å². The Morgan fingerprint density at radius 2 is 1.76 bits per heavy atom. The standard InChI is InChI=1S/C22H18ClNO5/c23-18-11-20-19(27-13-28-20)10-15(18)12-24-16-6-8-17(9-7-16)29-21(22(25)26)14-4-2-1-3-5-14/h1-11,21,24H,12-13H2,(H,25,26). The summed E-state index contributed by atoms with van der Waals surface area (Å²) in [6.45, 7) is 0.696. The molecule has 4 rings (SSSR count). The number of carbonyl (C=O) groups is 1. The number of nitrogens with one attached hydrogen (secondary N) is 1. The summed E-state index contributed by atoms with van der Waals surface area (Å²) in [6, 6.07) is 19.5. The molecule has 1 atom stereocenters. The van der Waals surface area contributed by atoms with Crippen LogP contribution < -0.4 is 19.5 Å². The first-order chi connectivity index (χ1) is 14.1. The van der Waals surface area contributed by atoms with Crippen LogP contribution in [0.3, 0.4) is 0 Å². The smallest absolute Gasteiger partial charge is 0.349 e. The zero-order valence-corrected chi connectivity index (χ0v) is 16.1. The SMILES string of the molecule is O=C(O)C(Oc1ccc(NCc2cc3c(cc2Cl)OCO3)cc1)c1ccccc1. The number of benzene rings is 3. The van der Waals surface area contributed by atoms with Gasteiger partial charge in [0.25, 0.3) is 0 Å². The molecule has 0 saturated carbocycles. The molecule has 0 fully saturated rings. The van der Waals surface area contributed by atoms with E-state index in [0.29, 0.717) is 34.4 Å². The topological polar surface area (TPSA) is 77.0 Å². The van der Waals surface area contributed by atoms with Gasteiger partial charge in [-0.3, -0.25) is 0 Å². The largest absolute Gasteiger partial charge is 0.478 e. The molecule has 1 aliphatic heterocycles. The molecule has 1 aliphatic rings. The van der Waals surface area contributed by atoms with E-state index in [0.717, 1.165) is 11.3 Å². The predicted octanol–water partition coefficient (Wildman–Crippen LogP) is 4.89. The van der Waals surface area contributed by atoms with Gasteiger partial charge in [-0.1, -0.05) is 41.9 Å². The first-order valence-corrected chi connectivity index (χ1v) is 9.34. The molecule has 0 saturated heterocycles. The van der Waals surface area contributed by atoms with E-state index in [9.17, 15) is 9.90 Å². The number of fused-ring (bicyclic) bond motifs is 1. The van der Waals surface area contributed by atoms with Gasteiger partial charge < -0.3 is 24.6 Å². The Balaban J connectivity index is 1.41. The highest BCUT2D eigenvalue weighted by atomic mass is 35.5. The Hall–Kier alpha value is -3.38. The Morgan fingerprint density at radius 1 is 1.07 bits per heavy atom. The lowest BCUT2D eigenvalue weighted by Gasteiger charge is -2.16. The summed E-state index contributed by atoms with van der Waals surface area (Å²) in [5.74, 6) is 0.742. The van der Waals surface area contributed by atoms with Crippen LogP contribution in [0.5, 0.6) is 17.2 Å². The molecule has 3 aromatic rings. The van der Waals surface area contributed by atoms with Gasteiger partial charge in [0.2, 0.25) is 12.9 Å². The van der Waals surface area contributed by atoms with Crippen molar-refractivity contribution < 1.29 is 24.1 Å². The van der Waals surface area contributed by atoms with Crippen LogP contribution in [-0.4, -0.2) is 17.9 Å². The van der Waals surface area contributed by atoms with Crippen molar-refractivity contribution in [1.82, 2.24) is 0 Å². The van der Waals surface area contributed by atoms with Crippen molar-refractivity contribution in [3.05, 3.63) is 82.9 Å². The molecule has 6 nitrogen and oxygen atoms in total. The fourth-order valence-electron chi connectivity index (χ4n) is 2.97. The second-order valence-electron chi connectivity index (χ2n) is 6.42. The van der Waals surface area contributed by atoms with E-state index in [-0.39, 0.29) is 6.79 Å². The summed E-state index contributed by atoms with van der Waals surface area (Å²) in [4.78, 5) is 11.6. The van der Waals surface area contributed by atoms with E-state index in [1.54, 1.807) is 42.5 Å². The third-order valence-corrected chi connectivity index (χ3v) is 4.81. The molecular weight excluding hydrogens is 394 g/mol. The van der Waals surface area contributed by atoms with Crippen molar-refractivity contribution in [3.63, 3.8) is 0 Å². The van der Waals surface area contributed by atoms with E-state index >= 15 is 0 Å². The number of halogens is 1. The molecule has 0 aromatic heterocycles. The minimum atomic E-state index is -1.07. The molecule has 2 N–H and O–H groups in total. The van der Waals surface area contributed by atoms with E-state index in [1.165, 1.54) is 0 Å². The molecule has 0 aliphatic carbocycles. The van der Waals surface area contributed by atoms with Crippen LogP contribution in [0.15, 0.2) is 66.7 Å². The van der Waals surface area contributed by atoms with Gasteiger partial charge >= 0.3 is 5.97 Å². The van der Waals surface area contributed by atoms with Gasteiger partial charge in [-0.2, -0.15) is 0 Å². The minimum absolute atomic E-state index is 0.199. The highest BCUT2D eigenvalue weighted by Gasteiger charge is 2.21. The average molecular weight is 412 g/mol. The van der Waals surface area contributed by atoms with Gasteiger partial charge in [0.05, 0.1) is 0 Å². The fraction of sp³-hybridized carbons (Fsp3) is 0.136. The van der Waals surface area contributed by atoms with Gasteiger partial charge in [-0.15, -0.1) is 0 Å². The first-order valence-electron chi connectivity index (χ1n) is 8.96. The van der Waals surface area contributed by atoms with E-state index < -0.39 is 12.1 Å². The van der Waals surface area contributed by atoms with Crippen LogP contribution in [-0.2, 0) is 11.3 Å². The number of hydrogen-bond donors (Lipinski definition) is 2. The molecular formula is C22H18ClNO5. The summed E-state index contributed by atoms with van der Waals surface area (Å²) in [7, 11) is 0. The monoisotopic (exact) mass is 411 g/mol. The maximum absolute atomic E-state index is 11.6. The summed E-state index contributed by atoms with van der Waals surface area (Å²) < 4.78 is 16.4. The molecule has 7 heteroatoms. The Bertz CT molecular complexity index is 1010. The van der Waals surface area contributed by atoms with Crippen LogP contribution >= 0.6 is 11.6 Å². The van der Waals surface area contributed by atoms with Gasteiger partial charge in [-0.05, 0) is 35.9 Å². The third kappa shape index (κ3) is 4.38. The molecule has 1 heterocycles. The van der Waals surface area contributed by atoms with Crippen LogP contribution in [0.25, 0.3) is 0 Å². The van der Waals surface area contributed by atoms with Crippen LogP contribution in [0, 0.1) is 0 Å². The summed E-state index contributed by atoms with van der Waals surface area (Å²) in [6.07, 6.45) is -1.07. The van der Waals surface area contributed by atoms with Gasteiger partial charge in [0.15, 0.2) is 11.5 Å². The quantitative estimate of drug-likeness (QED) is 0.576. The summed E-state index contributed by atoms with van der Waals surface area (Å²) in [5, 5.41) is 13.3. The molecule has 29 heavy (non-hydrogen) atoms. The molecule has 148 valence electrons. The van der Waals surface area contributed by atoms with E-state index in [1.807, 2.05) is 24.3 Å². The Labute approximate surface area is 172 Å². The van der Waals surface area contributed by atoms with Crippen LogP contribution in [0.2, 0.25) is 5.02 Å². The molecule has 0 bridgehead atoms. The number of anilines is 1. The highest BCUT2D eigenvalue weighted by Crippen LogP contribution is 2.37. The van der Waals surface area contributed by atoms with E-state index in [2.05, 4.69) is 5.32 Å². The minimum Gasteiger partial charge on any atom is -0.478 e. The third-order valence-electron chi connectivity index (χ3n) is 4.46. The number of carboxylic acids is 1. The maximum Gasteiger partial charge on any atom is 0.349 e. The van der Waals surface area contributed by atoms with Gasteiger partial charge in [-0.25, -0.2) is 4.79 Å². The zero-order chi connectivity index (χ0) is 20.2. The van der Waals surface area contributed by atoms with Crippen LogP contribution in [0.4, 0.5) is 5.69 Å².